The number of hydrogen-bond acceptors (Lipinski definition) is 7. The summed E-state index contributed by atoms with van der Waals surface area (Å²) in [6.45, 7) is 4.07. The lowest BCUT2D eigenvalue weighted by atomic mass is 9.89. The molecule has 0 aliphatic heterocycles. The SMILES string of the molecule is CC(C)N[C@@H]1CC[C@H](n2cc(C(N)=O)c(Nc3ccc(S(=O)(=O)C(F)(F)F)cc3)n2)C(=N)C1. The number of hydrogen-bond donors (Lipinski definition) is 4. The Hall–Kier alpha value is -2.93. The number of halogens is 3. The maximum absolute atomic E-state index is 12.7. The number of nitrogens with two attached hydrogens (primary N) is 1. The Morgan fingerprint density at radius 2 is 1.88 bits per heavy atom. The topological polar surface area (TPSA) is 143 Å². The number of alkyl halides is 3. The van der Waals surface area contributed by atoms with Crippen molar-refractivity contribution in [3.63, 3.8) is 0 Å². The van der Waals surface area contributed by atoms with Gasteiger partial charge in [0.1, 0.15) is 5.56 Å². The predicted molar refractivity (Wildman–Crippen MR) is 116 cm³/mol. The number of rotatable bonds is 7. The van der Waals surface area contributed by atoms with E-state index in [0.717, 1.165) is 30.7 Å². The van der Waals surface area contributed by atoms with Crippen LogP contribution < -0.4 is 16.4 Å². The van der Waals surface area contributed by atoms with Gasteiger partial charge in [0.25, 0.3) is 15.7 Å². The van der Waals surface area contributed by atoms with E-state index in [1.807, 2.05) is 13.8 Å². The molecule has 0 spiro atoms. The number of anilines is 2. The summed E-state index contributed by atoms with van der Waals surface area (Å²) in [6.07, 6.45) is 3.41. The Morgan fingerprint density at radius 1 is 1.24 bits per heavy atom. The molecule has 13 heteroatoms. The van der Waals surface area contributed by atoms with E-state index in [9.17, 15) is 26.4 Å². The van der Waals surface area contributed by atoms with Crippen LogP contribution in [0.15, 0.2) is 35.4 Å². The minimum absolute atomic E-state index is 0.0391. The van der Waals surface area contributed by atoms with Gasteiger partial charge < -0.3 is 21.8 Å². The molecule has 9 nitrogen and oxygen atoms in total. The molecule has 1 aromatic carbocycles. The molecule has 1 fully saturated rings. The summed E-state index contributed by atoms with van der Waals surface area (Å²) in [6, 6.07) is 4.00. The molecule has 1 aromatic heterocycles. The Labute approximate surface area is 189 Å². The van der Waals surface area contributed by atoms with Crippen molar-refractivity contribution in [2.45, 2.75) is 61.6 Å². The molecule has 1 aliphatic carbocycles. The molecule has 33 heavy (non-hydrogen) atoms. The van der Waals surface area contributed by atoms with E-state index < -0.39 is 26.1 Å². The number of aromatic nitrogens is 2. The number of sulfone groups is 1. The summed E-state index contributed by atoms with van der Waals surface area (Å²) in [5.74, 6) is -0.717. The highest BCUT2D eigenvalue weighted by Gasteiger charge is 2.46. The zero-order valence-corrected chi connectivity index (χ0v) is 18.8. The fraction of sp³-hybridized carbons (Fsp3) is 0.450. The monoisotopic (exact) mass is 486 g/mol. The largest absolute Gasteiger partial charge is 0.501 e. The number of carbonyl (C=O) groups excluding carboxylic acids is 1. The highest BCUT2D eigenvalue weighted by atomic mass is 32.2. The van der Waals surface area contributed by atoms with Gasteiger partial charge in [0, 0.05) is 36.1 Å². The lowest BCUT2D eigenvalue weighted by molar-refractivity contribution is -0.0436. The highest BCUT2D eigenvalue weighted by Crippen LogP contribution is 2.32. The summed E-state index contributed by atoms with van der Waals surface area (Å²) in [5, 5.41) is 18.9. The molecule has 0 radical (unpaired) electrons. The number of nitrogens with one attached hydrogen (secondary N) is 3. The highest BCUT2D eigenvalue weighted by molar-refractivity contribution is 7.92. The third-order valence-corrected chi connectivity index (χ3v) is 6.78. The fourth-order valence-electron chi connectivity index (χ4n) is 3.75. The Kier molecular flexibility index (Phi) is 6.84. The van der Waals surface area contributed by atoms with Crippen LogP contribution in [0.2, 0.25) is 0 Å². The van der Waals surface area contributed by atoms with Crippen molar-refractivity contribution in [2.75, 3.05) is 5.32 Å². The van der Waals surface area contributed by atoms with Gasteiger partial charge >= 0.3 is 5.51 Å². The normalized spacial score (nSPS) is 19.6. The summed E-state index contributed by atoms with van der Waals surface area (Å²) < 4.78 is 62.7. The maximum atomic E-state index is 12.7. The van der Waals surface area contributed by atoms with Crippen molar-refractivity contribution in [1.29, 1.82) is 5.41 Å². The van der Waals surface area contributed by atoms with E-state index in [1.54, 1.807) is 0 Å². The molecule has 5 N–H and O–H groups in total. The average molecular weight is 487 g/mol. The fourth-order valence-corrected chi connectivity index (χ4v) is 4.52. The minimum atomic E-state index is -5.47. The molecule has 1 saturated carbocycles. The van der Waals surface area contributed by atoms with Crippen LogP contribution in [-0.4, -0.2) is 47.4 Å². The van der Waals surface area contributed by atoms with Crippen LogP contribution >= 0.6 is 0 Å². The number of benzene rings is 1. The van der Waals surface area contributed by atoms with Gasteiger partial charge in [-0.1, -0.05) is 13.8 Å². The minimum Gasteiger partial charge on any atom is -0.365 e. The average Bonchev–Trinajstić information content (AvgIpc) is 3.11. The molecular weight excluding hydrogens is 461 g/mol. The molecule has 0 saturated heterocycles. The van der Waals surface area contributed by atoms with Crippen LogP contribution in [0, 0.1) is 5.41 Å². The smallest absolute Gasteiger partial charge is 0.365 e. The molecule has 1 amide bonds. The second-order valence-corrected chi connectivity index (χ2v) is 10.1. The quantitative estimate of drug-likeness (QED) is 0.474. The molecule has 3 rings (SSSR count). The van der Waals surface area contributed by atoms with Crippen molar-refractivity contribution < 1.29 is 26.4 Å². The first-order chi connectivity index (χ1) is 15.3. The van der Waals surface area contributed by atoms with Crippen LogP contribution in [0.1, 0.15) is 49.5 Å². The van der Waals surface area contributed by atoms with Gasteiger partial charge in [0.2, 0.25) is 0 Å². The molecule has 2 aromatic rings. The molecule has 1 aliphatic rings. The number of primary amides is 1. The zero-order valence-electron chi connectivity index (χ0n) is 18.0. The third-order valence-electron chi connectivity index (χ3n) is 5.27. The molecule has 1 heterocycles. The number of amides is 1. The Morgan fingerprint density at radius 3 is 2.39 bits per heavy atom. The number of carbonyl (C=O) groups is 1. The molecule has 180 valence electrons. The van der Waals surface area contributed by atoms with Crippen molar-refractivity contribution in [3.8, 4) is 0 Å². The third kappa shape index (κ3) is 5.36. The zero-order chi connectivity index (χ0) is 24.6. The first-order valence-electron chi connectivity index (χ1n) is 10.2. The van der Waals surface area contributed by atoms with Crippen LogP contribution in [0.4, 0.5) is 24.7 Å². The second-order valence-electron chi connectivity index (χ2n) is 8.17. The van der Waals surface area contributed by atoms with Gasteiger partial charge in [-0.3, -0.25) is 9.48 Å². The first-order valence-corrected chi connectivity index (χ1v) is 11.7. The van der Waals surface area contributed by atoms with Crippen molar-refractivity contribution in [3.05, 3.63) is 36.0 Å². The second kappa shape index (κ2) is 9.14. The summed E-state index contributed by atoms with van der Waals surface area (Å²) in [7, 11) is -5.47. The van der Waals surface area contributed by atoms with Gasteiger partial charge in [0.15, 0.2) is 5.82 Å². The van der Waals surface area contributed by atoms with Crippen LogP contribution in [0.25, 0.3) is 0 Å². The van der Waals surface area contributed by atoms with Gasteiger partial charge in [-0.15, -0.1) is 0 Å². The molecule has 0 unspecified atom stereocenters. The van der Waals surface area contributed by atoms with E-state index in [-0.39, 0.29) is 29.2 Å². The van der Waals surface area contributed by atoms with E-state index in [2.05, 4.69) is 15.7 Å². The summed E-state index contributed by atoms with van der Waals surface area (Å²) in [4.78, 5) is 11.0. The first kappa shape index (κ1) is 24.7. The Bertz CT molecular complexity index is 1140. The van der Waals surface area contributed by atoms with Crippen LogP contribution in [0.3, 0.4) is 0 Å². The lowest BCUT2D eigenvalue weighted by Crippen LogP contribution is -2.41. The van der Waals surface area contributed by atoms with Crippen molar-refractivity contribution in [1.82, 2.24) is 15.1 Å². The van der Waals surface area contributed by atoms with Gasteiger partial charge in [-0.05, 0) is 37.1 Å². The van der Waals surface area contributed by atoms with E-state index in [0.29, 0.717) is 24.6 Å². The van der Waals surface area contributed by atoms with Gasteiger partial charge in [-0.2, -0.15) is 18.3 Å². The van der Waals surface area contributed by atoms with E-state index >= 15 is 0 Å². The summed E-state index contributed by atoms with van der Waals surface area (Å²) >= 11 is 0. The lowest BCUT2D eigenvalue weighted by Gasteiger charge is -2.31. The van der Waals surface area contributed by atoms with E-state index in [4.69, 9.17) is 11.1 Å². The molecule has 2 atom stereocenters. The maximum Gasteiger partial charge on any atom is 0.501 e. The van der Waals surface area contributed by atoms with Crippen molar-refractivity contribution in [2.24, 2.45) is 5.73 Å². The van der Waals surface area contributed by atoms with Crippen molar-refractivity contribution >= 4 is 33.0 Å². The number of nitrogens with zero attached hydrogens (tertiary/aromatic N) is 2. The van der Waals surface area contributed by atoms with Crippen LogP contribution in [-0.2, 0) is 9.84 Å². The van der Waals surface area contributed by atoms with Gasteiger partial charge in [-0.25, -0.2) is 8.42 Å². The van der Waals surface area contributed by atoms with E-state index in [1.165, 1.54) is 10.9 Å². The molecule has 0 bridgehead atoms. The van der Waals surface area contributed by atoms with Gasteiger partial charge in [0.05, 0.1) is 10.9 Å². The molecular formula is C20H25F3N6O3S. The van der Waals surface area contributed by atoms with Crippen LogP contribution in [0.5, 0.6) is 0 Å². The predicted octanol–water partition coefficient (Wildman–Crippen LogP) is 3.13. The Balaban J connectivity index is 1.81. The standard InChI is InChI=1S/C20H25F3N6O3S/c1-11(2)26-13-5-8-17(16(24)9-13)29-10-15(18(25)30)19(28-29)27-12-3-6-14(7-4-12)33(31,32)20(21,22)23/h3-4,6-7,10-11,13,17,24,26H,5,8-9H2,1-2H3,(H2,25,30)(H,27,28)/t13-,17+/m1/s1. The summed E-state index contributed by atoms with van der Waals surface area (Å²) in [5.41, 5.74) is 0.744.